The van der Waals surface area contributed by atoms with Crippen LogP contribution in [0.2, 0.25) is 0 Å². The van der Waals surface area contributed by atoms with Gasteiger partial charge in [0.05, 0.1) is 12.3 Å². The van der Waals surface area contributed by atoms with E-state index in [0.29, 0.717) is 6.61 Å². The van der Waals surface area contributed by atoms with Crippen LogP contribution in [-0.2, 0) is 18.9 Å². The Balaban J connectivity index is 2.00. The minimum atomic E-state index is -0.683. The van der Waals surface area contributed by atoms with Crippen molar-refractivity contribution >= 4 is 0 Å². The van der Waals surface area contributed by atoms with Crippen LogP contribution in [0.4, 0.5) is 0 Å². The van der Waals surface area contributed by atoms with Gasteiger partial charge in [-0.25, -0.2) is 4.68 Å². The van der Waals surface area contributed by atoms with Crippen molar-refractivity contribution in [2.45, 2.75) is 57.0 Å². The van der Waals surface area contributed by atoms with Gasteiger partial charge < -0.3 is 18.9 Å². The van der Waals surface area contributed by atoms with Crippen LogP contribution in [0.25, 0.3) is 0 Å². The van der Waals surface area contributed by atoms with Crippen LogP contribution in [0, 0.1) is 6.92 Å². The third kappa shape index (κ3) is 3.11. The first-order chi connectivity index (χ1) is 10.9. The summed E-state index contributed by atoms with van der Waals surface area (Å²) in [6.07, 6.45) is 2.58. The predicted octanol–water partition coefficient (Wildman–Crippen LogP) is 1.40. The maximum Gasteiger partial charge on any atom is 0.163 e. The molecular formula is C16H23N3O4. The molecule has 2 aliphatic heterocycles. The maximum atomic E-state index is 6.15. The fourth-order valence-corrected chi connectivity index (χ4v) is 3.22. The van der Waals surface area contributed by atoms with E-state index < -0.39 is 5.79 Å². The molecule has 23 heavy (non-hydrogen) atoms. The van der Waals surface area contributed by atoms with Crippen molar-refractivity contribution in [2.24, 2.45) is 0 Å². The fourth-order valence-electron chi connectivity index (χ4n) is 3.22. The number of methoxy groups -OCH3 is 1. The van der Waals surface area contributed by atoms with Crippen LogP contribution in [-0.4, -0.2) is 58.9 Å². The van der Waals surface area contributed by atoms with Gasteiger partial charge in [-0.1, -0.05) is 11.8 Å². The Morgan fingerprint density at radius 2 is 2.30 bits per heavy atom. The van der Waals surface area contributed by atoms with E-state index >= 15 is 0 Å². The number of fused-ring (bicyclic) bond motifs is 1. The molecule has 0 amide bonds. The second kappa shape index (κ2) is 6.19. The summed E-state index contributed by atoms with van der Waals surface area (Å²) in [6.45, 7) is 9.77. The molecule has 126 valence electrons. The van der Waals surface area contributed by atoms with Gasteiger partial charge in [-0.15, -0.1) is 10.8 Å². The second-order valence-corrected chi connectivity index (χ2v) is 6.33. The average Bonchev–Trinajstić information content (AvgIpc) is 2.92. The van der Waals surface area contributed by atoms with Crippen molar-refractivity contribution in [3.8, 4) is 0 Å². The van der Waals surface area contributed by atoms with E-state index in [2.05, 4.69) is 22.6 Å². The SMILES string of the molecule is C=C=C[C@H]1O[C@@H]2COC(C)(C)O[C@@H]2[C@H](n2cc(C)nn2)[C@H]1OC. The van der Waals surface area contributed by atoms with Gasteiger partial charge in [0.1, 0.15) is 30.5 Å². The van der Waals surface area contributed by atoms with Crippen LogP contribution in [0.1, 0.15) is 25.6 Å². The van der Waals surface area contributed by atoms with Crippen LogP contribution < -0.4 is 0 Å². The second-order valence-electron chi connectivity index (χ2n) is 6.33. The topological polar surface area (TPSA) is 67.6 Å². The zero-order valence-electron chi connectivity index (χ0n) is 13.9. The first-order valence-corrected chi connectivity index (χ1v) is 7.69. The third-order valence-electron chi connectivity index (χ3n) is 4.20. The van der Waals surface area contributed by atoms with Crippen molar-refractivity contribution in [1.82, 2.24) is 15.0 Å². The summed E-state index contributed by atoms with van der Waals surface area (Å²) in [7, 11) is 1.65. The van der Waals surface area contributed by atoms with Gasteiger partial charge in [0, 0.05) is 13.3 Å². The van der Waals surface area contributed by atoms with Crippen molar-refractivity contribution in [2.75, 3.05) is 13.7 Å². The Labute approximate surface area is 135 Å². The Hall–Kier alpha value is -1.50. The standard InChI is InChI=1S/C16H23N3O4/c1-6-7-11-14(20-5)13(19-8-10(2)17-18-19)15-12(22-11)9-21-16(3,4)23-15/h7-8,11-15H,1,9H2,2-5H3/t11-,12-,13-,14+,15+/m1/s1. The van der Waals surface area contributed by atoms with Gasteiger partial charge in [0.2, 0.25) is 0 Å². The molecule has 0 radical (unpaired) electrons. The zero-order chi connectivity index (χ0) is 16.6. The zero-order valence-corrected chi connectivity index (χ0v) is 13.9. The lowest BCUT2D eigenvalue weighted by Gasteiger charge is -2.50. The highest BCUT2D eigenvalue weighted by atomic mass is 16.7. The molecule has 1 aromatic heterocycles. The minimum absolute atomic E-state index is 0.183. The molecular weight excluding hydrogens is 298 g/mol. The fraction of sp³-hybridized carbons (Fsp3) is 0.688. The maximum absolute atomic E-state index is 6.15. The molecule has 0 unspecified atom stereocenters. The number of rotatable bonds is 3. The molecule has 5 atom stereocenters. The minimum Gasteiger partial charge on any atom is -0.376 e. The van der Waals surface area contributed by atoms with Crippen molar-refractivity contribution in [3.05, 3.63) is 30.3 Å². The molecule has 3 rings (SSSR count). The lowest BCUT2D eigenvalue weighted by atomic mass is 9.91. The quantitative estimate of drug-likeness (QED) is 0.784. The normalized spacial score (nSPS) is 36.1. The molecule has 7 heteroatoms. The molecule has 0 N–H and O–H groups in total. The van der Waals surface area contributed by atoms with Gasteiger partial charge >= 0.3 is 0 Å². The number of hydrogen-bond acceptors (Lipinski definition) is 6. The van der Waals surface area contributed by atoms with E-state index in [1.807, 2.05) is 27.0 Å². The summed E-state index contributed by atoms with van der Waals surface area (Å²) in [4.78, 5) is 0. The highest BCUT2D eigenvalue weighted by Gasteiger charge is 2.52. The van der Waals surface area contributed by atoms with Gasteiger partial charge in [-0.3, -0.25) is 0 Å². The smallest absolute Gasteiger partial charge is 0.163 e. The molecule has 7 nitrogen and oxygen atoms in total. The molecule has 2 fully saturated rings. The van der Waals surface area contributed by atoms with E-state index in [-0.39, 0.29) is 30.5 Å². The van der Waals surface area contributed by atoms with Gasteiger partial charge in [0.15, 0.2) is 5.79 Å². The van der Waals surface area contributed by atoms with Crippen LogP contribution in [0.5, 0.6) is 0 Å². The van der Waals surface area contributed by atoms with E-state index in [1.54, 1.807) is 17.9 Å². The van der Waals surface area contributed by atoms with Crippen LogP contribution in [0.3, 0.4) is 0 Å². The highest BCUT2D eigenvalue weighted by molar-refractivity contribution is 5.06. The van der Waals surface area contributed by atoms with Gasteiger partial charge in [-0.2, -0.15) is 0 Å². The average molecular weight is 321 g/mol. The molecule has 0 aliphatic carbocycles. The summed E-state index contributed by atoms with van der Waals surface area (Å²) >= 11 is 0. The first-order valence-electron chi connectivity index (χ1n) is 7.69. The summed E-state index contributed by atoms with van der Waals surface area (Å²) in [5.41, 5.74) is 3.62. The van der Waals surface area contributed by atoms with Gasteiger partial charge in [0.25, 0.3) is 0 Å². The summed E-state index contributed by atoms with van der Waals surface area (Å²) in [6, 6.07) is -0.183. The molecule has 2 saturated heterocycles. The summed E-state index contributed by atoms with van der Waals surface area (Å²) in [5.74, 6) is -0.683. The first kappa shape index (κ1) is 16.4. The predicted molar refractivity (Wildman–Crippen MR) is 81.9 cm³/mol. The van der Waals surface area contributed by atoms with E-state index in [1.165, 1.54) is 0 Å². The van der Waals surface area contributed by atoms with E-state index in [9.17, 15) is 0 Å². The van der Waals surface area contributed by atoms with Crippen molar-refractivity contribution in [1.29, 1.82) is 0 Å². The van der Waals surface area contributed by atoms with E-state index in [0.717, 1.165) is 5.69 Å². The molecule has 0 spiro atoms. The highest BCUT2D eigenvalue weighted by Crippen LogP contribution is 2.39. The third-order valence-corrected chi connectivity index (χ3v) is 4.20. The van der Waals surface area contributed by atoms with Crippen molar-refractivity contribution < 1.29 is 18.9 Å². The molecule has 3 heterocycles. The Kier molecular flexibility index (Phi) is 4.40. The van der Waals surface area contributed by atoms with E-state index in [4.69, 9.17) is 18.9 Å². The number of aryl methyl sites for hydroxylation is 1. The summed E-state index contributed by atoms with van der Waals surface area (Å²) in [5, 5.41) is 8.33. The Morgan fingerprint density at radius 1 is 1.52 bits per heavy atom. The number of ether oxygens (including phenoxy) is 4. The van der Waals surface area contributed by atoms with Crippen LogP contribution in [0.15, 0.2) is 24.6 Å². The van der Waals surface area contributed by atoms with Crippen LogP contribution >= 0.6 is 0 Å². The monoisotopic (exact) mass is 321 g/mol. The molecule has 2 aliphatic rings. The molecule has 0 aromatic carbocycles. The van der Waals surface area contributed by atoms with Gasteiger partial charge in [-0.05, 0) is 26.8 Å². The number of aromatic nitrogens is 3. The van der Waals surface area contributed by atoms with Crippen molar-refractivity contribution in [3.63, 3.8) is 0 Å². The largest absolute Gasteiger partial charge is 0.376 e. The lowest BCUT2D eigenvalue weighted by Crippen LogP contribution is -2.62. The lowest BCUT2D eigenvalue weighted by molar-refractivity contribution is -0.345. The Bertz CT molecular complexity index is 608. The number of hydrogen-bond donors (Lipinski definition) is 0. The summed E-state index contributed by atoms with van der Waals surface area (Å²) < 4.78 is 25.5. The Morgan fingerprint density at radius 3 is 2.91 bits per heavy atom. The molecule has 1 aromatic rings. The number of nitrogens with zero attached hydrogens (tertiary/aromatic N) is 3. The molecule has 0 saturated carbocycles. The molecule has 0 bridgehead atoms.